The van der Waals surface area contributed by atoms with Crippen LogP contribution in [0, 0.1) is 11.8 Å². The quantitative estimate of drug-likeness (QED) is 0.883. The zero-order chi connectivity index (χ0) is 17.8. The summed E-state index contributed by atoms with van der Waals surface area (Å²) in [7, 11) is 5.20. The van der Waals surface area contributed by atoms with E-state index in [-0.39, 0.29) is 12.1 Å². The van der Waals surface area contributed by atoms with Crippen molar-refractivity contribution < 1.29 is 14.3 Å². The molecule has 2 aliphatic rings. The van der Waals surface area contributed by atoms with Gasteiger partial charge in [-0.3, -0.25) is 4.90 Å². The molecule has 2 amide bonds. The summed E-state index contributed by atoms with van der Waals surface area (Å²) in [5.41, 5.74) is 1.30. The third kappa shape index (κ3) is 4.44. The predicted octanol–water partition coefficient (Wildman–Crippen LogP) is 1.80. The van der Waals surface area contributed by atoms with Crippen LogP contribution in [0.25, 0.3) is 0 Å². The van der Waals surface area contributed by atoms with Crippen LogP contribution in [-0.4, -0.2) is 69.4 Å². The van der Waals surface area contributed by atoms with Gasteiger partial charge in [0, 0.05) is 39.6 Å². The van der Waals surface area contributed by atoms with Gasteiger partial charge in [0.15, 0.2) is 0 Å². The summed E-state index contributed by atoms with van der Waals surface area (Å²) in [6, 6.07) is 8.23. The second-order valence-corrected chi connectivity index (χ2v) is 7.25. The van der Waals surface area contributed by atoms with Gasteiger partial charge in [-0.05, 0) is 36.6 Å². The van der Waals surface area contributed by atoms with E-state index in [1.54, 1.807) is 26.1 Å². The Morgan fingerprint density at radius 2 is 2.12 bits per heavy atom. The number of urea groups is 1. The van der Waals surface area contributed by atoms with Gasteiger partial charge in [0.25, 0.3) is 0 Å². The predicted molar refractivity (Wildman–Crippen MR) is 96.7 cm³/mol. The topological polar surface area (TPSA) is 54.0 Å². The molecule has 2 aliphatic heterocycles. The van der Waals surface area contributed by atoms with E-state index in [9.17, 15) is 4.79 Å². The molecule has 138 valence electrons. The van der Waals surface area contributed by atoms with Gasteiger partial charge in [-0.2, -0.15) is 0 Å². The number of carbonyl (C=O) groups excluding carboxylic acids is 1. The Kier molecular flexibility index (Phi) is 5.81. The minimum Gasteiger partial charge on any atom is -0.497 e. The van der Waals surface area contributed by atoms with Gasteiger partial charge < -0.3 is 19.7 Å². The van der Waals surface area contributed by atoms with Crippen molar-refractivity contribution in [2.24, 2.45) is 11.8 Å². The minimum atomic E-state index is -0.0575. The van der Waals surface area contributed by atoms with Crippen LogP contribution in [0.3, 0.4) is 0 Å². The molecular formula is C19H29N3O3. The molecule has 0 saturated carbocycles. The SMILES string of the molecule is COc1ccc(CN2CC[C@@H]3CO[C@@H](CNC(=O)N(C)C)[C@@H]3C2)cc1. The molecule has 1 N–H and O–H groups in total. The molecule has 2 fully saturated rings. The van der Waals surface area contributed by atoms with Gasteiger partial charge in [-0.25, -0.2) is 4.79 Å². The first-order chi connectivity index (χ1) is 12.1. The molecule has 1 aromatic carbocycles. The fourth-order valence-corrected chi connectivity index (χ4v) is 3.79. The van der Waals surface area contributed by atoms with Crippen LogP contribution < -0.4 is 10.1 Å². The number of fused-ring (bicyclic) bond motifs is 1. The first-order valence-electron chi connectivity index (χ1n) is 8.99. The Bertz CT molecular complexity index is 576. The molecule has 0 spiro atoms. The average Bonchev–Trinajstić information content (AvgIpc) is 3.02. The largest absolute Gasteiger partial charge is 0.497 e. The van der Waals surface area contributed by atoms with Crippen molar-refractivity contribution in [3.05, 3.63) is 29.8 Å². The lowest BCUT2D eigenvalue weighted by molar-refractivity contribution is 0.0744. The minimum absolute atomic E-state index is 0.0575. The molecule has 2 saturated heterocycles. The highest BCUT2D eigenvalue weighted by Gasteiger charge is 2.40. The molecule has 3 rings (SSSR count). The standard InChI is InChI=1S/C19H29N3O3/c1-21(2)19(23)20-10-18-17-12-22(9-8-15(17)13-25-18)11-14-4-6-16(24-3)7-5-14/h4-7,15,17-18H,8-13H2,1-3H3,(H,20,23)/t15-,17-,18+/m1/s1. The number of methoxy groups -OCH3 is 1. The summed E-state index contributed by atoms with van der Waals surface area (Å²) >= 11 is 0. The Labute approximate surface area is 150 Å². The van der Waals surface area contributed by atoms with Crippen molar-refractivity contribution in [1.29, 1.82) is 0 Å². The zero-order valence-electron chi connectivity index (χ0n) is 15.4. The van der Waals surface area contributed by atoms with Crippen LogP contribution in [-0.2, 0) is 11.3 Å². The van der Waals surface area contributed by atoms with Crippen LogP contribution >= 0.6 is 0 Å². The Morgan fingerprint density at radius 3 is 2.80 bits per heavy atom. The molecule has 0 aliphatic carbocycles. The first kappa shape index (κ1) is 18.0. The van der Waals surface area contributed by atoms with E-state index in [1.165, 1.54) is 12.0 Å². The second kappa shape index (κ2) is 8.06. The Morgan fingerprint density at radius 1 is 1.36 bits per heavy atom. The highest BCUT2D eigenvalue weighted by molar-refractivity contribution is 5.73. The third-order valence-corrected chi connectivity index (χ3v) is 5.32. The lowest BCUT2D eigenvalue weighted by Crippen LogP contribution is -2.46. The third-order valence-electron chi connectivity index (χ3n) is 5.32. The van der Waals surface area contributed by atoms with Crippen molar-refractivity contribution in [1.82, 2.24) is 15.1 Å². The second-order valence-electron chi connectivity index (χ2n) is 7.25. The maximum atomic E-state index is 11.8. The average molecular weight is 347 g/mol. The van der Waals surface area contributed by atoms with Crippen LogP contribution in [0.1, 0.15) is 12.0 Å². The van der Waals surface area contributed by atoms with Gasteiger partial charge in [0.2, 0.25) is 0 Å². The summed E-state index contributed by atoms with van der Waals surface area (Å²) < 4.78 is 11.2. The highest BCUT2D eigenvalue weighted by Crippen LogP contribution is 2.34. The van der Waals surface area contributed by atoms with E-state index in [0.717, 1.165) is 32.0 Å². The van der Waals surface area contributed by atoms with Gasteiger partial charge in [0.05, 0.1) is 19.8 Å². The van der Waals surface area contributed by atoms with E-state index in [4.69, 9.17) is 9.47 Å². The number of nitrogens with zero attached hydrogens (tertiary/aromatic N) is 2. The number of rotatable bonds is 5. The zero-order valence-corrected chi connectivity index (χ0v) is 15.4. The van der Waals surface area contributed by atoms with Crippen molar-refractivity contribution >= 4 is 6.03 Å². The van der Waals surface area contributed by atoms with Crippen molar-refractivity contribution in [3.8, 4) is 5.75 Å². The normalized spacial score (nSPS) is 26.1. The summed E-state index contributed by atoms with van der Waals surface area (Å²) in [6.45, 7) is 4.49. The van der Waals surface area contributed by atoms with Crippen molar-refractivity contribution in [2.45, 2.75) is 19.1 Å². The van der Waals surface area contributed by atoms with E-state index in [1.807, 2.05) is 12.1 Å². The smallest absolute Gasteiger partial charge is 0.316 e. The summed E-state index contributed by atoms with van der Waals surface area (Å²) in [4.78, 5) is 15.8. The monoisotopic (exact) mass is 347 g/mol. The van der Waals surface area contributed by atoms with Gasteiger partial charge in [0.1, 0.15) is 5.75 Å². The van der Waals surface area contributed by atoms with Crippen LogP contribution in [0.2, 0.25) is 0 Å². The molecule has 6 heteroatoms. The lowest BCUT2D eigenvalue weighted by atomic mass is 9.84. The number of carbonyl (C=O) groups is 1. The van der Waals surface area contributed by atoms with Gasteiger partial charge in [-0.1, -0.05) is 12.1 Å². The number of amides is 2. The molecule has 0 radical (unpaired) electrons. The van der Waals surface area contributed by atoms with Gasteiger partial charge >= 0.3 is 6.03 Å². The molecule has 2 heterocycles. The molecule has 3 atom stereocenters. The van der Waals surface area contributed by atoms with E-state index >= 15 is 0 Å². The maximum absolute atomic E-state index is 11.8. The fourth-order valence-electron chi connectivity index (χ4n) is 3.79. The molecule has 1 aromatic rings. The van der Waals surface area contributed by atoms with Gasteiger partial charge in [-0.15, -0.1) is 0 Å². The number of hydrogen-bond acceptors (Lipinski definition) is 4. The molecule has 25 heavy (non-hydrogen) atoms. The first-order valence-corrected chi connectivity index (χ1v) is 8.99. The van der Waals surface area contributed by atoms with E-state index in [2.05, 4.69) is 22.3 Å². The number of benzene rings is 1. The highest BCUT2D eigenvalue weighted by atomic mass is 16.5. The number of nitrogens with one attached hydrogen (secondary N) is 1. The van der Waals surface area contributed by atoms with Crippen LogP contribution in [0.15, 0.2) is 24.3 Å². The summed E-state index contributed by atoms with van der Waals surface area (Å²) in [5, 5.41) is 2.96. The Hall–Kier alpha value is -1.79. The van der Waals surface area contributed by atoms with Crippen molar-refractivity contribution in [3.63, 3.8) is 0 Å². The lowest BCUT2D eigenvalue weighted by Gasteiger charge is -2.36. The molecule has 6 nitrogen and oxygen atoms in total. The summed E-state index contributed by atoms with van der Waals surface area (Å²) in [5.74, 6) is 2.01. The van der Waals surface area contributed by atoms with Crippen LogP contribution in [0.4, 0.5) is 4.79 Å². The molecule has 0 bridgehead atoms. The number of likely N-dealkylation sites (tertiary alicyclic amines) is 1. The number of hydrogen-bond donors (Lipinski definition) is 1. The molecule has 0 aromatic heterocycles. The number of ether oxygens (including phenoxy) is 2. The fraction of sp³-hybridized carbons (Fsp3) is 0.632. The van der Waals surface area contributed by atoms with E-state index in [0.29, 0.717) is 18.4 Å². The maximum Gasteiger partial charge on any atom is 0.316 e. The number of piperidine rings is 1. The Balaban J connectivity index is 1.54. The van der Waals surface area contributed by atoms with E-state index < -0.39 is 0 Å². The van der Waals surface area contributed by atoms with Crippen molar-refractivity contribution in [2.75, 3.05) is 47.4 Å². The molecular weight excluding hydrogens is 318 g/mol. The molecule has 0 unspecified atom stereocenters. The summed E-state index contributed by atoms with van der Waals surface area (Å²) in [6.07, 6.45) is 1.28. The van der Waals surface area contributed by atoms with Crippen LogP contribution in [0.5, 0.6) is 5.75 Å².